The molecule has 1 aliphatic rings. The minimum absolute atomic E-state index is 0.0121. The van der Waals surface area contributed by atoms with Gasteiger partial charge < -0.3 is 14.2 Å². The molecule has 1 heterocycles. The number of carbonyl (C=O) groups is 3. The van der Waals surface area contributed by atoms with Gasteiger partial charge in [0.25, 0.3) is 0 Å². The number of hydrogen-bond donors (Lipinski definition) is 0. The van der Waals surface area contributed by atoms with Gasteiger partial charge in [-0.3, -0.25) is 0 Å². The van der Waals surface area contributed by atoms with Gasteiger partial charge in [0, 0.05) is 24.6 Å². The summed E-state index contributed by atoms with van der Waals surface area (Å²) < 4.78 is 17.7. The summed E-state index contributed by atoms with van der Waals surface area (Å²) in [6.07, 6.45) is -0.151. The van der Waals surface area contributed by atoms with E-state index in [-0.39, 0.29) is 18.6 Å². The van der Waals surface area contributed by atoms with E-state index in [2.05, 4.69) is 4.98 Å². The first-order valence-corrected chi connectivity index (χ1v) is 13.0. The number of esters is 3. The second-order valence-corrected chi connectivity index (χ2v) is 9.44. The predicted octanol–water partition coefficient (Wildman–Crippen LogP) is 6.55. The van der Waals surface area contributed by atoms with Crippen molar-refractivity contribution in [3.05, 3.63) is 142 Å². The second kappa shape index (κ2) is 12.4. The minimum Gasteiger partial charge on any atom is -0.454 e. The van der Waals surface area contributed by atoms with Gasteiger partial charge in [-0.15, -0.1) is 0 Å². The van der Waals surface area contributed by atoms with Gasteiger partial charge in [-0.05, 0) is 54.1 Å². The average Bonchev–Trinajstić information content (AvgIpc) is 3.00. The molecule has 2 atom stereocenters. The quantitative estimate of drug-likeness (QED) is 0.146. The third kappa shape index (κ3) is 6.45. The summed E-state index contributed by atoms with van der Waals surface area (Å²) in [5.41, 5.74) is 2.28. The molecule has 5 rings (SSSR count). The topological polar surface area (TPSA) is 91.8 Å². The monoisotopic (exact) mass is 553 g/mol. The largest absolute Gasteiger partial charge is 0.454 e. The third-order valence-electron chi connectivity index (χ3n) is 6.38. The molecule has 0 N–H and O–H groups in total. The molecule has 1 aromatic heterocycles. The van der Waals surface area contributed by atoms with Gasteiger partial charge in [-0.25, -0.2) is 19.4 Å². The van der Waals surface area contributed by atoms with Crippen molar-refractivity contribution in [1.82, 2.24) is 4.98 Å². The van der Waals surface area contributed by atoms with E-state index >= 15 is 0 Å². The summed E-state index contributed by atoms with van der Waals surface area (Å²) in [6, 6.07) is 29.0. The van der Waals surface area contributed by atoms with Gasteiger partial charge in [-0.1, -0.05) is 66.2 Å². The standard InChI is InChI=1S/C32H24ClNO6/c33-29-17-16-24(20-34-29)25-18-27(39-31(36)22-12-6-2-7-13-22)28(40-32(37)23-14-8-3-9-15-23)19-26(25)38-30(35)21-10-4-1-5-11-21/h1-17,20,27-28H,18-19H2/t27-,28-/m1/s1. The maximum Gasteiger partial charge on any atom is 0.343 e. The van der Waals surface area contributed by atoms with E-state index in [1.54, 1.807) is 109 Å². The van der Waals surface area contributed by atoms with Crippen molar-refractivity contribution in [1.29, 1.82) is 0 Å². The van der Waals surface area contributed by atoms with Crippen molar-refractivity contribution in [2.24, 2.45) is 0 Å². The van der Waals surface area contributed by atoms with Crippen LogP contribution in [0.3, 0.4) is 0 Å². The number of ether oxygens (including phenoxy) is 3. The molecule has 0 saturated carbocycles. The highest BCUT2D eigenvalue weighted by Gasteiger charge is 2.38. The first-order chi connectivity index (χ1) is 19.5. The Kier molecular flexibility index (Phi) is 8.32. The fourth-order valence-corrected chi connectivity index (χ4v) is 4.47. The highest BCUT2D eigenvalue weighted by Crippen LogP contribution is 2.37. The number of halogens is 1. The number of aromatic nitrogens is 1. The van der Waals surface area contributed by atoms with Gasteiger partial charge in [0.05, 0.1) is 16.7 Å². The van der Waals surface area contributed by atoms with E-state index in [4.69, 9.17) is 25.8 Å². The van der Waals surface area contributed by atoms with Crippen molar-refractivity contribution in [3.63, 3.8) is 0 Å². The average molecular weight is 554 g/mol. The zero-order valence-corrected chi connectivity index (χ0v) is 22.0. The molecule has 200 valence electrons. The fourth-order valence-electron chi connectivity index (χ4n) is 4.36. The summed E-state index contributed by atoms with van der Waals surface area (Å²) in [6.45, 7) is 0. The van der Waals surface area contributed by atoms with Crippen molar-refractivity contribution in [3.8, 4) is 0 Å². The van der Waals surface area contributed by atoms with Crippen LogP contribution in [-0.2, 0) is 14.2 Å². The summed E-state index contributed by atoms with van der Waals surface area (Å²) in [4.78, 5) is 43.3. The van der Waals surface area contributed by atoms with Gasteiger partial charge in [0.1, 0.15) is 23.1 Å². The van der Waals surface area contributed by atoms with Crippen LogP contribution in [-0.4, -0.2) is 35.1 Å². The molecule has 40 heavy (non-hydrogen) atoms. The Labute approximate surface area is 236 Å². The summed E-state index contributed by atoms with van der Waals surface area (Å²) in [5, 5.41) is 0.296. The zero-order valence-electron chi connectivity index (χ0n) is 21.2. The van der Waals surface area contributed by atoms with Crippen molar-refractivity contribution < 1.29 is 28.6 Å². The smallest absolute Gasteiger partial charge is 0.343 e. The summed E-state index contributed by atoms with van der Waals surface area (Å²) >= 11 is 6.02. The van der Waals surface area contributed by atoms with Crippen LogP contribution in [0.4, 0.5) is 0 Å². The Bertz CT molecular complexity index is 1520. The van der Waals surface area contributed by atoms with Crippen LogP contribution in [0.15, 0.2) is 115 Å². The van der Waals surface area contributed by atoms with Crippen LogP contribution >= 0.6 is 11.6 Å². The molecule has 8 heteroatoms. The molecule has 0 aliphatic heterocycles. The van der Waals surface area contributed by atoms with E-state index in [9.17, 15) is 14.4 Å². The van der Waals surface area contributed by atoms with Crippen LogP contribution in [0, 0.1) is 0 Å². The van der Waals surface area contributed by atoms with Crippen LogP contribution in [0.1, 0.15) is 49.5 Å². The van der Waals surface area contributed by atoms with Crippen molar-refractivity contribution in [2.45, 2.75) is 25.0 Å². The number of pyridine rings is 1. The number of carbonyl (C=O) groups excluding carboxylic acids is 3. The summed E-state index contributed by atoms with van der Waals surface area (Å²) in [5.74, 6) is -1.43. The maximum absolute atomic E-state index is 13.1. The highest BCUT2D eigenvalue weighted by atomic mass is 35.5. The molecule has 0 spiro atoms. The Hall–Kier alpha value is -4.75. The van der Waals surface area contributed by atoms with Crippen LogP contribution < -0.4 is 0 Å². The van der Waals surface area contributed by atoms with Gasteiger partial charge in [-0.2, -0.15) is 0 Å². The van der Waals surface area contributed by atoms with E-state index in [0.717, 1.165) is 0 Å². The first-order valence-electron chi connectivity index (χ1n) is 12.6. The van der Waals surface area contributed by atoms with Crippen molar-refractivity contribution in [2.75, 3.05) is 0 Å². The molecule has 0 fully saturated rings. The van der Waals surface area contributed by atoms with E-state index in [1.807, 2.05) is 0 Å². The molecule has 4 aromatic rings. The number of hydrogen-bond acceptors (Lipinski definition) is 7. The molecule has 0 bridgehead atoms. The molecule has 0 unspecified atom stereocenters. The van der Waals surface area contributed by atoms with Crippen LogP contribution in [0.2, 0.25) is 5.15 Å². The number of nitrogens with zero attached hydrogens (tertiary/aromatic N) is 1. The lowest BCUT2D eigenvalue weighted by Gasteiger charge is -2.33. The third-order valence-corrected chi connectivity index (χ3v) is 6.60. The molecule has 0 radical (unpaired) electrons. The Balaban J connectivity index is 1.51. The van der Waals surface area contributed by atoms with Crippen LogP contribution in [0.25, 0.3) is 5.57 Å². The van der Waals surface area contributed by atoms with E-state index < -0.39 is 30.1 Å². The predicted molar refractivity (Wildman–Crippen MR) is 149 cm³/mol. The Morgan fingerprint density at radius 3 is 1.57 bits per heavy atom. The Morgan fingerprint density at radius 2 is 1.10 bits per heavy atom. The van der Waals surface area contributed by atoms with E-state index in [1.165, 1.54) is 0 Å². The Morgan fingerprint density at radius 1 is 0.625 bits per heavy atom. The van der Waals surface area contributed by atoms with Gasteiger partial charge >= 0.3 is 17.9 Å². The molecule has 3 aromatic carbocycles. The lowest BCUT2D eigenvalue weighted by atomic mass is 9.88. The lowest BCUT2D eigenvalue weighted by molar-refractivity contribution is -0.0408. The van der Waals surface area contributed by atoms with Crippen molar-refractivity contribution >= 4 is 35.1 Å². The normalized spacial score (nSPS) is 16.6. The molecular formula is C32H24ClNO6. The van der Waals surface area contributed by atoms with Crippen LogP contribution in [0.5, 0.6) is 0 Å². The zero-order chi connectivity index (χ0) is 27.9. The molecule has 0 amide bonds. The fraction of sp³-hybridized carbons (Fsp3) is 0.125. The van der Waals surface area contributed by atoms with Gasteiger partial charge in [0.15, 0.2) is 0 Å². The highest BCUT2D eigenvalue weighted by molar-refractivity contribution is 6.29. The molecule has 1 aliphatic carbocycles. The molecule has 7 nitrogen and oxygen atoms in total. The van der Waals surface area contributed by atoms with E-state index in [0.29, 0.717) is 33.0 Å². The summed E-state index contributed by atoms with van der Waals surface area (Å²) in [7, 11) is 0. The minimum atomic E-state index is -0.928. The number of rotatable bonds is 7. The maximum atomic E-state index is 13.1. The second-order valence-electron chi connectivity index (χ2n) is 9.05. The molecule has 0 saturated heterocycles. The van der Waals surface area contributed by atoms with Gasteiger partial charge in [0.2, 0.25) is 0 Å². The number of benzene rings is 3. The SMILES string of the molecule is O=C(OC1=C(c2ccc(Cl)nc2)C[C@@H](OC(=O)c2ccccc2)[C@H](OC(=O)c2ccccc2)C1)c1ccccc1. The lowest BCUT2D eigenvalue weighted by Crippen LogP contribution is -2.39. The first kappa shape index (κ1) is 26.8. The molecular weight excluding hydrogens is 530 g/mol.